The first kappa shape index (κ1) is 13.1. The number of cyclic esters (lactones) is 1. The van der Waals surface area contributed by atoms with Gasteiger partial charge in [-0.2, -0.15) is 0 Å². The van der Waals surface area contributed by atoms with E-state index in [1.165, 1.54) is 7.11 Å². The van der Waals surface area contributed by atoms with Gasteiger partial charge in [0.1, 0.15) is 5.76 Å². The van der Waals surface area contributed by atoms with Crippen molar-refractivity contribution in [1.82, 2.24) is 0 Å². The van der Waals surface area contributed by atoms with Gasteiger partial charge in [-0.1, -0.05) is 36.4 Å². The van der Waals surface area contributed by atoms with Gasteiger partial charge < -0.3 is 9.47 Å². The average Bonchev–Trinajstić information content (AvgIpc) is 2.84. The Morgan fingerprint density at radius 1 is 1.05 bits per heavy atom. The van der Waals surface area contributed by atoms with E-state index in [4.69, 9.17) is 9.47 Å². The minimum Gasteiger partial charge on any atom is -0.465 e. The maximum absolute atomic E-state index is 11.8. The monoisotopic (exact) mass is 280 g/mol. The molecule has 0 spiro atoms. The number of carbonyl (C=O) groups excluding carboxylic acids is 2. The molecule has 21 heavy (non-hydrogen) atoms. The second-order valence-electron chi connectivity index (χ2n) is 4.52. The molecule has 0 atom stereocenters. The number of rotatable bonds is 2. The van der Waals surface area contributed by atoms with Crippen LogP contribution in [-0.4, -0.2) is 19.0 Å². The lowest BCUT2D eigenvalue weighted by atomic mass is 10.0. The molecule has 0 aromatic heterocycles. The summed E-state index contributed by atoms with van der Waals surface area (Å²) in [4.78, 5) is 23.5. The molecule has 0 fully saturated rings. The van der Waals surface area contributed by atoms with Crippen molar-refractivity contribution in [3.8, 4) is 0 Å². The Labute approximate surface area is 121 Å². The highest BCUT2D eigenvalue weighted by Gasteiger charge is 2.26. The predicted octanol–water partition coefficient (Wildman–Crippen LogP) is 3.14. The number of methoxy groups -OCH3 is 1. The third-order valence-corrected chi connectivity index (χ3v) is 3.27. The SMILES string of the molecule is COC(=O)c1ccccc1/C=C1\OC(=O)c2ccccc21. The van der Waals surface area contributed by atoms with E-state index in [0.29, 0.717) is 22.4 Å². The molecule has 0 aliphatic carbocycles. The van der Waals surface area contributed by atoms with Gasteiger partial charge in [-0.25, -0.2) is 9.59 Å². The minimum absolute atomic E-state index is 0.382. The van der Waals surface area contributed by atoms with Crippen LogP contribution in [0, 0.1) is 0 Å². The number of carbonyl (C=O) groups is 2. The van der Waals surface area contributed by atoms with Crippen LogP contribution in [0.2, 0.25) is 0 Å². The Morgan fingerprint density at radius 3 is 2.48 bits per heavy atom. The lowest BCUT2D eigenvalue weighted by molar-refractivity contribution is 0.0600. The Bertz CT molecular complexity index is 759. The maximum Gasteiger partial charge on any atom is 0.344 e. The minimum atomic E-state index is -0.431. The molecule has 1 heterocycles. The van der Waals surface area contributed by atoms with Crippen LogP contribution < -0.4 is 0 Å². The van der Waals surface area contributed by atoms with Crippen LogP contribution in [0.4, 0.5) is 0 Å². The van der Waals surface area contributed by atoms with Gasteiger partial charge in [0.2, 0.25) is 0 Å². The predicted molar refractivity (Wildman–Crippen MR) is 77.5 cm³/mol. The molecule has 1 aliphatic heterocycles. The van der Waals surface area contributed by atoms with E-state index in [-0.39, 0.29) is 5.97 Å². The fourth-order valence-electron chi connectivity index (χ4n) is 2.25. The number of benzene rings is 2. The molecule has 0 saturated carbocycles. The van der Waals surface area contributed by atoms with Crippen LogP contribution in [-0.2, 0) is 9.47 Å². The highest BCUT2D eigenvalue weighted by atomic mass is 16.5. The summed E-state index contributed by atoms with van der Waals surface area (Å²) in [7, 11) is 1.33. The van der Waals surface area contributed by atoms with Crippen LogP contribution in [0.5, 0.6) is 0 Å². The van der Waals surface area contributed by atoms with Crippen molar-refractivity contribution < 1.29 is 19.1 Å². The Morgan fingerprint density at radius 2 is 1.71 bits per heavy atom. The number of hydrogen-bond donors (Lipinski definition) is 0. The zero-order chi connectivity index (χ0) is 14.8. The smallest absolute Gasteiger partial charge is 0.344 e. The molecule has 3 rings (SSSR count). The van der Waals surface area contributed by atoms with Crippen molar-refractivity contribution in [1.29, 1.82) is 0 Å². The molecule has 0 bridgehead atoms. The molecule has 2 aromatic carbocycles. The molecule has 2 aromatic rings. The standard InChI is InChI=1S/C17H12O4/c1-20-16(18)12-7-3-2-6-11(12)10-15-13-8-4-5-9-14(13)17(19)21-15/h2-10H,1H3/b15-10-. The Balaban J connectivity index is 2.09. The van der Waals surface area contributed by atoms with Crippen molar-refractivity contribution >= 4 is 23.8 Å². The zero-order valence-electron chi connectivity index (χ0n) is 11.3. The van der Waals surface area contributed by atoms with Crippen molar-refractivity contribution in [2.45, 2.75) is 0 Å². The van der Waals surface area contributed by atoms with Gasteiger partial charge in [-0.15, -0.1) is 0 Å². The van der Waals surface area contributed by atoms with E-state index < -0.39 is 5.97 Å². The zero-order valence-corrected chi connectivity index (χ0v) is 11.3. The second kappa shape index (κ2) is 5.25. The number of esters is 2. The van der Waals surface area contributed by atoms with Crippen LogP contribution in [0.15, 0.2) is 48.5 Å². The molecule has 1 aliphatic rings. The molecule has 0 unspecified atom stereocenters. The lowest BCUT2D eigenvalue weighted by Crippen LogP contribution is -2.03. The Kier molecular flexibility index (Phi) is 3.28. The van der Waals surface area contributed by atoms with E-state index >= 15 is 0 Å². The Hall–Kier alpha value is -2.88. The summed E-state index contributed by atoms with van der Waals surface area (Å²) in [5, 5.41) is 0. The fourth-order valence-corrected chi connectivity index (χ4v) is 2.25. The molecule has 104 valence electrons. The third kappa shape index (κ3) is 2.31. The van der Waals surface area contributed by atoms with Gasteiger partial charge in [0.25, 0.3) is 0 Å². The van der Waals surface area contributed by atoms with Gasteiger partial charge in [0, 0.05) is 5.56 Å². The number of fused-ring (bicyclic) bond motifs is 1. The van der Waals surface area contributed by atoms with Crippen LogP contribution in [0.3, 0.4) is 0 Å². The lowest BCUT2D eigenvalue weighted by Gasteiger charge is -2.05. The van der Waals surface area contributed by atoms with E-state index in [9.17, 15) is 9.59 Å². The quantitative estimate of drug-likeness (QED) is 0.793. The van der Waals surface area contributed by atoms with Gasteiger partial charge in [0.15, 0.2) is 0 Å². The topological polar surface area (TPSA) is 52.6 Å². The van der Waals surface area contributed by atoms with E-state index in [2.05, 4.69) is 0 Å². The summed E-state index contributed by atoms with van der Waals surface area (Å²) in [6.45, 7) is 0. The van der Waals surface area contributed by atoms with Crippen LogP contribution >= 0.6 is 0 Å². The largest absolute Gasteiger partial charge is 0.465 e. The van der Waals surface area contributed by atoms with Crippen molar-refractivity contribution in [3.05, 3.63) is 70.8 Å². The molecular formula is C17H12O4. The maximum atomic E-state index is 11.8. The van der Waals surface area contributed by atoms with Crippen molar-refractivity contribution in [2.24, 2.45) is 0 Å². The molecule has 4 heteroatoms. The summed E-state index contributed by atoms with van der Waals surface area (Å²) in [6.07, 6.45) is 1.68. The first-order valence-corrected chi connectivity index (χ1v) is 6.41. The summed E-state index contributed by atoms with van der Waals surface area (Å²) in [6, 6.07) is 14.1. The normalized spacial score (nSPS) is 14.7. The van der Waals surface area contributed by atoms with E-state index in [0.717, 1.165) is 5.56 Å². The molecule has 0 amide bonds. The van der Waals surface area contributed by atoms with Gasteiger partial charge in [-0.3, -0.25) is 0 Å². The highest BCUT2D eigenvalue weighted by Crippen LogP contribution is 2.31. The molecule has 0 radical (unpaired) electrons. The molecule has 0 N–H and O–H groups in total. The van der Waals surface area contributed by atoms with Gasteiger partial charge >= 0.3 is 11.9 Å². The molecule has 4 nitrogen and oxygen atoms in total. The summed E-state index contributed by atoms with van der Waals surface area (Å²) >= 11 is 0. The highest BCUT2D eigenvalue weighted by molar-refractivity contribution is 6.06. The van der Waals surface area contributed by atoms with Gasteiger partial charge in [-0.05, 0) is 23.8 Å². The summed E-state index contributed by atoms with van der Waals surface area (Å²) in [5.41, 5.74) is 2.32. The van der Waals surface area contributed by atoms with E-state index in [1.807, 2.05) is 18.2 Å². The summed E-state index contributed by atoms with van der Waals surface area (Å²) in [5.74, 6) is -0.376. The molecular weight excluding hydrogens is 268 g/mol. The summed E-state index contributed by atoms with van der Waals surface area (Å²) < 4.78 is 10.0. The fraction of sp³-hybridized carbons (Fsp3) is 0.0588. The number of ether oxygens (including phenoxy) is 2. The first-order valence-electron chi connectivity index (χ1n) is 6.41. The van der Waals surface area contributed by atoms with Crippen molar-refractivity contribution in [3.63, 3.8) is 0 Å². The average molecular weight is 280 g/mol. The number of hydrogen-bond acceptors (Lipinski definition) is 4. The van der Waals surface area contributed by atoms with Gasteiger partial charge in [0.05, 0.1) is 18.2 Å². The van der Waals surface area contributed by atoms with Crippen LogP contribution in [0.25, 0.3) is 11.8 Å². The molecule has 0 saturated heterocycles. The first-order chi connectivity index (χ1) is 10.2. The van der Waals surface area contributed by atoms with Crippen molar-refractivity contribution in [2.75, 3.05) is 7.11 Å². The third-order valence-electron chi connectivity index (χ3n) is 3.27. The van der Waals surface area contributed by atoms with E-state index in [1.54, 1.807) is 36.4 Å². The van der Waals surface area contributed by atoms with Crippen LogP contribution in [0.1, 0.15) is 31.8 Å². The second-order valence-corrected chi connectivity index (χ2v) is 4.52.